The van der Waals surface area contributed by atoms with Gasteiger partial charge >= 0.3 is 0 Å². The maximum atomic E-state index is 12.4. The predicted molar refractivity (Wildman–Crippen MR) is 89.4 cm³/mol. The van der Waals surface area contributed by atoms with Crippen molar-refractivity contribution in [1.82, 2.24) is 29.9 Å². The van der Waals surface area contributed by atoms with Gasteiger partial charge in [-0.05, 0) is 23.6 Å². The molecule has 1 aliphatic heterocycles. The second-order valence-corrected chi connectivity index (χ2v) is 6.16. The molecule has 0 saturated carbocycles. The van der Waals surface area contributed by atoms with Gasteiger partial charge in [-0.15, -0.1) is 10.2 Å². The zero-order chi connectivity index (χ0) is 16.4. The van der Waals surface area contributed by atoms with Crippen LogP contribution in [0.15, 0.2) is 41.6 Å². The number of piperazine rings is 1. The van der Waals surface area contributed by atoms with Gasteiger partial charge in [0, 0.05) is 31.6 Å². The van der Waals surface area contributed by atoms with E-state index in [1.54, 1.807) is 22.3 Å². The summed E-state index contributed by atoms with van der Waals surface area (Å²) in [5.74, 6) is 1.53. The summed E-state index contributed by atoms with van der Waals surface area (Å²) < 4.78 is 1.56. The third kappa shape index (κ3) is 2.85. The molecule has 122 valence electrons. The summed E-state index contributed by atoms with van der Waals surface area (Å²) in [6.07, 6.45) is 3.04. The summed E-state index contributed by atoms with van der Waals surface area (Å²) in [6.45, 7) is 2.85. The molecule has 3 aromatic heterocycles. The fraction of sp³-hybridized carbons (Fsp3) is 0.267. The van der Waals surface area contributed by atoms with Gasteiger partial charge in [0.15, 0.2) is 11.6 Å². The summed E-state index contributed by atoms with van der Waals surface area (Å²) in [4.78, 5) is 20.3. The highest BCUT2D eigenvalue weighted by Gasteiger charge is 2.23. The molecule has 1 amide bonds. The fourth-order valence-corrected chi connectivity index (χ4v) is 3.27. The minimum atomic E-state index is 0.100. The monoisotopic (exact) mass is 341 g/mol. The minimum Gasteiger partial charge on any atom is -0.352 e. The lowest BCUT2D eigenvalue weighted by Crippen LogP contribution is -2.49. The third-order valence-electron chi connectivity index (χ3n) is 3.95. The average molecular weight is 341 g/mol. The van der Waals surface area contributed by atoms with Crippen LogP contribution in [0.25, 0.3) is 5.82 Å². The van der Waals surface area contributed by atoms with E-state index >= 15 is 0 Å². The molecule has 0 unspecified atom stereocenters. The van der Waals surface area contributed by atoms with E-state index in [1.165, 1.54) is 6.33 Å². The normalized spacial score (nSPS) is 14.8. The van der Waals surface area contributed by atoms with Crippen LogP contribution in [0.1, 0.15) is 10.4 Å². The number of carbonyl (C=O) groups is 1. The van der Waals surface area contributed by atoms with Crippen LogP contribution in [-0.4, -0.2) is 61.9 Å². The molecule has 0 N–H and O–H groups in total. The van der Waals surface area contributed by atoms with Gasteiger partial charge in [0.05, 0.1) is 5.56 Å². The first kappa shape index (κ1) is 14.8. The number of amides is 1. The molecule has 4 heterocycles. The van der Waals surface area contributed by atoms with Crippen molar-refractivity contribution in [1.29, 1.82) is 0 Å². The Morgan fingerprint density at radius 2 is 1.83 bits per heavy atom. The zero-order valence-electron chi connectivity index (χ0n) is 12.8. The number of aromatic nitrogens is 5. The van der Waals surface area contributed by atoms with Crippen molar-refractivity contribution in [2.75, 3.05) is 31.1 Å². The van der Waals surface area contributed by atoms with Gasteiger partial charge in [0.25, 0.3) is 5.91 Å². The molecule has 0 atom stereocenters. The van der Waals surface area contributed by atoms with Gasteiger partial charge < -0.3 is 9.80 Å². The largest absolute Gasteiger partial charge is 0.352 e. The quantitative estimate of drug-likeness (QED) is 0.709. The molecule has 1 aliphatic rings. The molecule has 8 nitrogen and oxygen atoms in total. The number of rotatable bonds is 3. The molecular weight excluding hydrogens is 326 g/mol. The van der Waals surface area contributed by atoms with Crippen LogP contribution < -0.4 is 4.90 Å². The average Bonchev–Trinajstić information content (AvgIpc) is 3.35. The first-order valence-electron chi connectivity index (χ1n) is 7.56. The first-order chi connectivity index (χ1) is 11.8. The zero-order valence-corrected chi connectivity index (χ0v) is 13.6. The molecule has 3 aromatic rings. The molecule has 0 aliphatic carbocycles. The van der Waals surface area contributed by atoms with Gasteiger partial charge in [-0.25, -0.2) is 9.67 Å². The first-order valence-corrected chi connectivity index (χ1v) is 8.51. The molecule has 0 spiro atoms. The Balaban J connectivity index is 1.40. The molecule has 1 fully saturated rings. The maximum Gasteiger partial charge on any atom is 0.254 e. The van der Waals surface area contributed by atoms with Crippen LogP contribution in [0.3, 0.4) is 0 Å². The summed E-state index contributed by atoms with van der Waals surface area (Å²) in [5, 5.41) is 16.3. The number of thiophene rings is 1. The van der Waals surface area contributed by atoms with Gasteiger partial charge in [-0.1, -0.05) is 0 Å². The maximum absolute atomic E-state index is 12.4. The van der Waals surface area contributed by atoms with Gasteiger partial charge in [-0.3, -0.25) is 4.79 Å². The van der Waals surface area contributed by atoms with Crippen LogP contribution >= 0.6 is 11.3 Å². The van der Waals surface area contributed by atoms with E-state index in [2.05, 4.69) is 25.2 Å². The molecule has 0 aromatic carbocycles. The lowest BCUT2D eigenvalue weighted by Gasteiger charge is -2.35. The Morgan fingerprint density at radius 1 is 1.04 bits per heavy atom. The van der Waals surface area contributed by atoms with E-state index in [4.69, 9.17) is 0 Å². The Hall–Kier alpha value is -2.81. The second-order valence-electron chi connectivity index (χ2n) is 5.38. The van der Waals surface area contributed by atoms with Gasteiger partial charge in [0.2, 0.25) is 0 Å². The molecule has 1 saturated heterocycles. The number of carbonyl (C=O) groups excluding carboxylic acids is 1. The van der Waals surface area contributed by atoms with Crippen LogP contribution in [0, 0.1) is 0 Å². The highest BCUT2D eigenvalue weighted by Crippen LogP contribution is 2.16. The summed E-state index contributed by atoms with van der Waals surface area (Å²) in [5.41, 5.74) is 0.769. The van der Waals surface area contributed by atoms with Gasteiger partial charge in [0.1, 0.15) is 12.7 Å². The van der Waals surface area contributed by atoms with Crippen LogP contribution in [0.4, 0.5) is 5.82 Å². The Kier molecular flexibility index (Phi) is 3.91. The molecule has 0 bridgehead atoms. The van der Waals surface area contributed by atoms with E-state index < -0.39 is 0 Å². The SMILES string of the molecule is O=C(c1ccsc1)N1CCN(c2ccc(-n3cncn3)nn2)CC1. The lowest BCUT2D eigenvalue weighted by atomic mass is 10.2. The highest BCUT2D eigenvalue weighted by molar-refractivity contribution is 7.08. The molecular formula is C15H15N7OS. The number of nitrogens with zero attached hydrogens (tertiary/aromatic N) is 7. The minimum absolute atomic E-state index is 0.100. The number of hydrogen-bond acceptors (Lipinski definition) is 7. The molecule has 0 radical (unpaired) electrons. The Labute approximate surface area is 142 Å². The van der Waals surface area contributed by atoms with E-state index in [9.17, 15) is 4.79 Å². The van der Waals surface area contributed by atoms with Crippen molar-refractivity contribution in [2.45, 2.75) is 0 Å². The van der Waals surface area contributed by atoms with Crippen molar-refractivity contribution in [3.05, 3.63) is 47.2 Å². The molecule has 24 heavy (non-hydrogen) atoms. The van der Waals surface area contributed by atoms with Crippen LogP contribution in [0.5, 0.6) is 0 Å². The highest BCUT2D eigenvalue weighted by atomic mass is 32.1. The van der Waals surface area contributed by atoms with E-state index in [0.29, 0.717) is 18.9 Å². The van der Waals surface area contributed by atoms with Crippen molar-refractivity contribution in [2.24, 2.45) is 0 Å². The smallest absolute Gasteiger partial charge is 0.254 e. The summed E-state index contributed by atoms with van der Waals surface area (Å²) in [7, 11) is 0. The van der Waals surface area contributed by atoms with Crippen molar-refractivity contribution >= 4 is 23.1 Å². The molecule has 4 rings (SSSR count). The summed E-state index contributed by atoms with van der Waals surface area (Å²) in [6, 6.07) is 5.65. The van der Waals surface area contributed by atoms with E-state index in [1.807, 2.05) is 33.9 Å². The topological polar surface area (TPSA) is 80.0 Å². The standard InChI is InChI=1S/C15H15N7OS/c23-15(12-3-8-24-9-12)21-6-4-20(5-7-21)13-1-2-14(19-18-13)22-11-16-10-17-22/h1-3,8-11H,4-7H2. The van der Waals surface area contributed by atoms with Crippen LogP contribution in [0.2, 0.25) is 0 Å². The number of anilines is 1. The van der Waals surface area contributed by atoms with Crippen molar-refractivity contribution in [3.8, 4) is 5.82 Å². The van der Waals surface area contributed by atoms with Crippen molar-refractivity contribution < 1.29 is 4.79 Å². The second kappa shape index (κ2) is 6.36. The number of hydrogen-bond donors (Lipinski definition) is 0. The Morgan fingerprint density at radius 3 is 2.46 bits per heavy atom. The molecule has 9 heteroatoms. The lowest BCUT2D eigenvalue weighted by molar-refractivity contribution is 0.0747. The predicted octanol–water partition coefficient (Wildman–Crippen LogP) is 1.08. The van der Waals surface area contributed by atoms with E-state index in [0.717, 1.165) is 24.5 Å². The van der Waals surface area contributed by atoms with Crippen LogP contribution in [-0.2, 0) is 0 Å². The third-order valence-corrected chi connectivity index (χ3v) is 4.63. The van der Waals surface area contributed by atoms with Crippen molar-refractivity contribution in [3.63, 3.8) is 0 Å². The Bertz CT molecular complexity index is 793. The van der Waals surface area contributed by atoms with Gasteiger partial charge in [-0.2, -0.15) is 16.4 Å². The van der Waals surface area contributed by atoms with E-state index in [-0.39, 0.29) is 5.91 Å². The fourth-order valence-electron chi connectivity index (χ4n) is 2.64. The summed E-state index contributed by atoms with van der Waals surface area (Å²) >= 11 is 1.54.